The summed E-state index contributed by atoms with van der Waals surface area (Å²) in [5.41, 5.74) is 2.90. The zero-order valence-corrected chi connectivity index (χ0v) is 7.43. The Morgan fingerprint density at radius 2 is 1.31 bits per heavy atom. The molecule has 0 aromatic heterocycles. The van der Waals surface area contributed by atoms with Gasteiger partial charge in [-0.15, -0.1) is 0 Å². The predicted molar refractivity (Wildman–Crippen MR) is 63.3 cm³/mol. The van der Waals surface area contributed by atoms with Crippen LogP contribution in [0, 0.1) is 0 Å². The van der Waals surface area contributed by atoms with Gasteiger partial charge in [0.2, 0.25) is 0 Å². The summed E-state index contributed by atoms with van der Waals surface area (Å²) in [5, 5.41) is 0. The molecule has 1 aromatic carbocycles. The number of aryl methyl sites for hydroxylation is 2. The molecule has 0 aliphatic rings. The van der Waals surface area contributed by atoms with Crippen LogP contribution >= 0.6 is 0 Å². The largest absolute Gasteiger partial charge is 0.0776 e. The molecule has 0 fully saturated rings. The van der Waals surface area contributed by atoms with Crippen molar-refractivity contribution in [2.45, 2.75) is 48.0 Å². The minimum atomic E-state index is 0. The molecule has 0 spiro atoms. The van der Waals surface area contributed by atoms with Crippen molar-refractivity contribution in [3.05, 3.63) is 35.4 Å². The van der Waals surface area contributed by atoms with E-state index in [1.165, 1.54) is 24.0 Å². The van der Waals surface area contributed by atoms with Gasteiger partial charge in [0.05, 0.1) is 0 Å². The molecule has 0 heterocycles. The quantitative estimate of drug-likeness (QED) is 0.643. The van der Waals surface area contributed by atoms with Crippen LogP contribution in [0.15, 0.2) is 24.3 Å². The van der Waals surface area contributed by atoms with E-state index in [-0.39, 0.29) is 14.9 Å². The molecule has 0 aliphatic heterocycles. The maximum Gasteiger partial charge on any atom is -0.0281 e. The molecule has 0 radical (unpaired) electrons. The summed E-state index contributed by atoms with van der Waals surface area (Å²) < 4.78 is 0. The third-order valence-corrected chi connectivity index (χ3v) is 1.97. The van der Waals surface area contributed by atoms with Gasteiger partial charge in [0, 0.05) is 0 Å². The molecule has 76 valence electrons. The maximum absolute atomic E-state index is 2.24. The van der Waals surface area contributed by atoms with Crippen LogP contribution in [0.4, 0.5) is 0 Å². The molecule has 0 nitrogen and oxygen atoms in total. The van der Waals surface area contributed by atoms with E-state index in [0.717, 1.165) is 6.42 Å². The molecule has 0 saturated heterocycles. The average Bonchev–Trinajstić information content (AvgIpc) is 2.07. The Hall–Kier alpha value is -0.780. The summed E-state index contributed by atoms with van der Waals surface area (Å²) in [4.78, 5) is 0. The summed E-state index contributed by atoms with van der Waals surface area (Å²) in [7, 11) is 0. The fraction of sp³-hybridized carbons (Fsp3) is 0.538. The van der Waals surface area contributed by atoms with Crippen molar-refractivity contribution >= 4 is 0 Å². The highest BCUT2D eigenvalue weighted by Gasteiger charge is 1.90. The normalized spacial score (nSPS) is 8.46. The van der Waals surface area contributed by atoms with E-state index in [4.69, 9.17) is 0 Å². The average molecular weight is 180 g/mol. The Balaban J connectivity index is 0. The van der Waals surface area contributed by atoms with E-state index >= 15 is 0 Å². The van der Waals surface area contributed by atoms with Crippen LogP contribution in [0.2, 0.25) is 0 Å². The van der Waals surface area contributed by atoms with E-state index in [1.54, 1.807) is 0 Å². The van der Waals surface area contributed by atoms with Gasteiger partial charge in [-0.1, -0.05) is 59.4 Å². The van der Waals surface area contributed by atoms with Gasteiger partial charge < -0.3 is 0 Å². The van der Waals surface area contributed by atoms with Crippen molar-refractivity contribution in [3.8, 4) is 0 Å². The third-order valence-electron chi connectivity index (χ3n) is 1.97. The zero-order chi connectivity index (χ0) is 8.10. The van der Waals surface area contributed by atoms with Crippen molar-refractivity contribution in [1.82, 2.24) is 0 Å². The summed E-state index contributed by atoms with van der Waals surface area (Å²) in [5.74, 6) is 0. The first-order valence-electron chi connectivity index (χ1n) is 4.44. The Bertz CT molecular complexity index is 196. The van der Waals surface area contributed by atoms with Gasteiger partial charge in [-0.05, 0) is 24.0 Å². The SMILES string of the molecule is C.C.CCCc1ccc(CC)cc1. The first kappa shape index (κ1) is 14.7. The van der Waals surface area contributed by atoms with Gasteiger partial charge in [-0.25, -0.2) is 0 Å². The molecule has 0 saturated carbocycles. The summed E-state index contributed by atoms with van der Waals surface area (Å²) in [6.07, 6.45) is 3.60. The summed E-state index contributed by atoms with van der Waals surface area (Å²) in [6, 6.07) is 8.93. The molecular formula is C13H24. The van der Waals surface area contributed by atoms with E-state index in [0.29, 0.717) is 0 Å². The Morgan fingerprint density at radius 3 is 1.69 bits per heavy atom. The second kappa shape index (κ2) is 7.85. The smallest absolute Gasteiger partial charge is 0.0281 e. The summed E-state index contributed by atoms with van der Waals surface area (Å²) in [6.45, 7) is 4.41. The summed E-state index contributed by atoms with van der Waals surface area (Å²) >= 11 is 0. The minimum Gasteiger partial charge on any atom is -0.0776 e. The van der Waals surface area contributed by atoms with Crippen LogP contribution in [-0.2, 0) is 12.8 Å². The van der Waals surface area contributed by atoms with Crippen LogP contribution in [-0.4, -0.2) is 0 Å². The minimum absolute atomic E-state index is 0. The Morgan fingerprint density at radius 1 is 0.846 bits per heavy atom. The Kier molecular flexibility index (Phi) is 8.89. The van der Waals surface area contributed by atoms with Crippen molar-refractivity contribution in [3.63, 3.8) is 0 Å². The molecule has 0 N–H and O–H groups in total. The van der Waals surface area contributed by atoms with Crippen molar-refractivity contribution < 1.29 is 0 Å². The molecule has 13 heavy (non-hydrogen) atoms. The molecular weight excluding hydrogens is 156 g/mol. The number of hydrogen-bond acceptors (Lipinski definition) is 0. The van der Waals surface area contributed by atoms with E-state index in [1.807, 2.05) is 0 Å². The molecule has 0 aliphatic carbocycles. The lowest BCUT2D eigenvalue weighted by molar-refractivity contribution is 0.920. The first-order chi connectivity index (χ1) is 5.36. The molecule has 1 aromatic rings. The Labute approximate surface area is 84.0 Å². The van der Waals surface area contributed by atoms with Crippen LogP contribution < -0.4 is 0 Å². The van der Waals surface area contributed by atoms with E-state index in [9.17, 15) is 0 Å². The predicted octanol–water partition coefficient (Wildman–Crippen LogP) is 4.47. The van der Waals surface area contributed by atoms with Crippen LogP contribution in [0.25, 0.3) is 0 Å². The fourth-order valence-corrected chi connectivity index (χ4v) is 1.23. The van der Waals surface area contributed by atoms with Gasteiger partial charge >= 0.3 is 0 Å². The van der Waals surface area contributed by atoms with Crippen LogP contribution in [0.3, 0.4) is 0 Å². The monoisotopic (exact) mass is 180 g/mol. The molecule has 0 atom stereocenters. The number of benzene rings is 1. The molecule has 0 bridgehead atoms. The molecule has 0 heteroatoms. The zero-order valence-electron chi connectivity index (χ0n) is 7.43. The first-order valence-corrected chi connectivity index (χ1v) is 4.44. The lowest BCUT2D eigenvalue weighted by atomic mass is 10.1. The molecule has 1 rings (SSSR count). The van der Waals surface area contributed by atoms with Crippen molar-refractivity contribution in [1.29, 1.82) is 0 Å². The molecule has 0 unspecified atom stereocenters. The molecule has 0 amide bonds. The topological polar surface area (TPSA) is 0 Å². The lowest BCUT2D eigenvalue weighted by Gasteiger charge is -1.99. The standard InChI is InChI=1S/C11H16.2CH4/c1-3-5-11-8-6-10(4-2)7-9-11;;/h6-9H,3-5H2,1-2H3;2*1H4. The van der Waals surface area contributed by atoms with Crippen molar-refractivity contribution in [2.75, 3.05) is 0 Å². The fourth-order valence-electron chi connectivity index (χ4n) is 1.23. The third kappa shape index (κ3) is 4.72. The van der Waals surface area contributed by atoms with Gasteiger partial charge in [0.15, 0.2) is 0 Å². The lowest BCUT2D eigenvalue weighted by Crippen LogP contribution is -1.84. The van der Waals surface area contributed by atoms with Gasteiger partial charge in [-0.3, -0.25) is 0 Å². The second-order valence-corrected chi connectivity index (χ2v) is 2.92. The van der Waals surface area contributed by atoms with E-state index < -0.39 is 0 Å². The second-order valence-electron chi connectivity index (χ2n) is 2.92. The van der Waals surface area contributed by atoms with Crippen LogP contribution in [0.5, 0.6) is 0 Å². The number of hydrogen-bond donors (Lipinski definition) is 0. The number of rotatable bonds is 3. The van der Waals surface area contributed by atoms with Crippen LogP contribution in [0.1, 0.15) is 46.2 Å². The van der Waals surface area contributed by atoms with E-state index in [2.05, 4.69) is 38.1 Å². The van der Waals surface area contributed by atoms with Gasteiger partial charge in [0.25, 0.3) is 0 Å². The van der Waals surface area contributed by atoms with Gasteiger partial charge in [-0.2, -0.15) is 0 Å². The van der Waals surface area contributed by atoms with Crippen molar-refractivity contribution in [2.24, 2.45) is 0 Å². The maximum atomic E-state index is 2.24. The highest BCUT2D eigenvalue weighted by molar-refractivity contribution is 5.22. The highest BCUT2D eigenvalue weighted by Crippen LogP contribution is 2.06. The van der Waals surface area contributed by atoms with Gasteiger partial charge in [0.1, 0.15) is 0 Å². The highest BCUT2D eigenvalue weighted by atomic mass is 14.0.